The molecule has 0 spiro atoms. The SMILES string of the molecule is CCc1ccc(C(Cl)C(C)=O)c(CO)c1. The minimum Gasteiger partial charge on any atom is -0.392 e. The minimum absolute atomic E-state index is 0.0837. The summed E-state index contributed by atoms with van der Waals surface area (Å²) >= 11 is 5.96. The van der Waals surface area contributed by atoms with E-state index in [0.717, 1.165) is 17.5 Å². The molecule has 0 aliphatic rings. The summed E-state index contributed by atoms with van der Waals surface area (Å²) in [5, 5.41) is 8.54. The van der Waals surface area contributed by atoms with Gasteiger partial charge in [-0.3, -0.25) is 4.79 Å². The third kappa shape index (κ3) is 2.80. The molecule has 2 nitrogen and oxygen atoms in total. The highest BCUT2D eigenvalue weighted by Gasteiger charge is 2.16. The fourth-order valence-corrected chi connectivity index (χ4v) is 1.70. The van der Waals surface area contributed by atoms with Gasteiger partial charge >= 0.3 is 0 Å². The first-order valence-electron chi connectivity index (χ1n) is 4.97. The monoisotopic (exact) mass is 226 g/mol. The summed E-state index contributed by atoms with van der Waals surface area (Å²) in [5.41, 5.74) is 2.59. The lowest BCUT2D eigenvalue weighted by Gasteiger charge is -2.12. The van der Waals surface area contributed by atoms with Crippen LogP contribution in [0.1, 0.15) is 35.9 Å². The van der Waals surface area contributed by atoms with Gasteiger partial charge in [0.25, 0.3) is 0 Å². The number of aliphatic hydroxyl groups is 1. The molecule has 1 aromatic carbocycles. The number of carbonyl (C=O) groups is 1. The molecule has 0 bridgehead atoms. The number of carbonyl (C=O) groups excluding carboxylic acids is 1. The molecule has 3 heteroatoms. The van der Waals surface area contributed by atoms with Crippen molar-refractivity contribution in [3.05, 3.63) is 34.9 Å². The van der Waals surface area contributed by atoms with E-state index in [1.165, 1.54) is 6.92 Å². The Morgan fingerprint density at radius 3 is 2.67 bits per heavy atom. The van der Waals surface area contributed by atoms with Gasteiger partial charge in [-0.1, -0.05) is 25.1 Å². The van der Waals surface area contributed by atoms with Gasteiger partial charge < -0.3 is 5.11 Å². The van der Waals surface area contributed by atoms with Gasteiger partial charge in [-0.2, -0.15) is 0 Å². The molecule has 0 aliphatic heterocycles. The van der Waals surface area contributed by atoms with Crippen molar-refractivity contribution in [2.24, 2.45) is 0 Å². The van der Waals surface area contributed by atoms with E-state index in [1.54, 1.807) is 0 Å². The molecule has 15 heavy (non-hydrogen) atoms. The molecule has 0 heterocycles. The molecule has 1 rings (SSSR count). The fraction of sp³-hybridized carbons (Fsp3) is 0.417. The zero-order chi connectivity index (χ0) is 11.4. The number of ketones is 1. The van der Waals surface area contributed by atoms with Crippen LogP contribution in [-0.4, -0.2) is 10.9 Å². The van der Waals surface area contributed by atoms with E-state index in [0.29, 0.717) is 5.56 Å². The van der Waals surface area contributed by atoms with Crippen LogP contribution in [0.4, 0.5) is 0 Å². The van der Waals surface area contributed by atoms with Gasteiger partial charge in [0.1, 0.15) is 5.38 Å². The van der Waals surface area contributed by atoms with Crippen molar-refractivity contribution in [1.29, 1.82) is 0 Å². The Bertz CT molecular complexity index is 361. The van der Waals surface area contributed by atoms with E-state index in [4.69, 9.17) is 11.6 Å². The molecular weight excluding hydrogens is 212 g/mol. The first-order chi connectivity index (χ1) is 7.10. The van der Waals surface area contributed by atoms with E-state index in [1.807, 2.05) is 25.1 Å². The lowest BCUT2D eigenvalue weighted by molar-refractivity contribution is -0.116. The molecule has 1 N–H and O–H groups in total. The fourth-order valence-electron chi connectivity index (χ4n) is 1.48. The Kier molecular flexibility index (Phi) is 4.30. The number of rotatable bonds is 4. The van der Waals surface area contributed by atoms with Gasteiger partial charge in [0.2, 0.25) is 0 Å². The summed E-state index contributed by atoms with van der Waals surface area (Å²) in [4.78, 5) is 11.2. The summed E-state index contributed by atoms with van der Waals surface area (Å²) < 4.78 is 0. The maximum Gasteiger partial charge on any atom is 0.152 e. The zero-order valence-electron chi connectivity index (χ0n) is 8.96. The van der Waals surface area contributed by atoms with Crippen LogP contribution in [-0.2, 0) is 17.8 Å². The number of Topliss-reactive ketones (excluding diaryl/α,β-unsaturated/α-hetero) is 1. The van der Waals surface area contributed by atoms with Crippen molar-refractivity contribution < 1.29 is 9.90 Å². The number of hydrogen-bond acceptors (Lipinski definition) is 2. The molecule has 0 aromatic heterocycles. The van der Waals surface area contributed by atoms with Crippen LogP contribution >= 0.6 is 11.6 Å². The molecule has 0 amide bonds. The van der Waals surface area contributed by atoms with Crippen molar-refractivity contribution >= 4 is 17.4 Å². The quantitative estimate of drug-likeness (QED) is 0.802. The summed E-state index contributed by atoms with van der Waals surface area (Å²) in [6.45, 7) is 3.41. The highest BCUT2D eigenvalue weighted by Crippen LogP contribution is 2.26. The zero-order valence-corrected chi connectivity index (χ0v) is 9.71. The number of benzene rings is 1. The van der Waals surface area contributed by atoms with Gasteiger partial charge in [-0.05, 0) is 30.0 Å². The number of halogens is 1. The predicted octanol–water partition coefficient (Wildman–Crippen LogP) is 2.61. The van der Waals surface area contributed by atoms with Crippen molar-refractivity contribution in [3.8, 4) is 0 Å². The predicted molar refractivity (Wildman–Crippen MR) is 61.0 cm³/mol. The number of aryl methyl sites for hydroxylation is 1. The van der Waals surface area contributed by atoms with Crippen LogP contribution in [0, 0.1) is 0 Å². The van der Waals surface area contributed by atoms with Gasteiger partial charge in [0.15, 0.2) is 5.78 Å². The molecule has 1 atom stereocenters. The maximum atomic E-state index is 11.2. The third-order valence-electron chi connectivity index (χ3n) is 2.42. The third-order valence-corrected chi connectivity index (χ3v) is 2.96. The van der Waals surface area contributed by atoms with Crippen molar-refractivity contribution in [1.82, 2.24) is 0 Å². The summed E-state index contributed by atoms with van der Waals surface area (Å²) in [7, 11) is 0. The Hall–Kier alpha value is -0.860. The van der Waals surface area contributed by atoms with Gasteiger partial charge in [0.05, 0.1) is 6.61 Å². The smallest absolute Gasteiger partial charge is 0.152 e. The highest BCUT2D eigenvalue weighted by atomic mass is 35.5. The molecule has 0 radical (unpaired) electrons. The van der Waals surface area contributed by atoms with Crippen LogP contribution < -0.4 is 0 Å². The van der Waals surface area contributed by atoms with Gasteiger partial charge in [-0.25, -0.2) is 0 Å². The van der Waals surface area contributed by atoms with Crippen molar-refractivity contribution in [2.45, 2.75) is 32.3 Å². The second-order valence-corrected chi connectivity index (χ2v) is 3.95. The van der Waals surface area contributed by atoms with E-state index < -0.39 is 5.38 Å². The van der Waals surface area contributed by atoms with Crippen LogP contribution in [0.5, 0.6) is 0 Å². The minimum atomic E-state index is -0.655. The average molecular weight is 227 g/mol. The van der Waals surface area contributed by atoms with Crippen LogP contribution in [0.3, 0.4) is 0 Å². The average Bonchev–Trinajstić information content (AvgIpc) is 2.27. The number of alkyl halides is 1. The summed E-state index contributed by atoms with van der Waals surface area (Å²) in [6.07, 6.45) is 0.903. The maximum absolute atomic E-state index is 11.2. The Morgan fingerprint density at radius 2 is 2.20 bits per heavy atom. The van der Waals surface area contributed by atoms with Crippen LogP contribution in [0.15, 0.2) is 18.2 Å². The topological polar surface area (TPSA) is 37.3 Å². The Labute approximate surface area is 94.9 Å². The first-order valence-corrected chi connectivity index (χ1v) is 5.40. The van der Waals surface area contributed by atoms with Crippen LogP contribution in [0.2, 0.25) is 0 Å². The second kappa shape index (κ2) is 5.29. The van der Waals surface area contributed by atoms with Crippen LogP contribution in [0.25, 0.3) is 0 Å². The van der Waals surface area contributed by atoms with Crippen molar-refractivity contribution in [3.63, 3.8) is 0 Å². The second-order valence-electron chi connectivity index (χ2n) is 3.52. The summed E-state index contributed by atoms with van der Waals surface area (Å²) in [6, 6.07) is 5.66. The number of hydrogen-bond donors (Lipinski definition) is 1. The molecule has 1 aromatic rings. The first kappa shape index (κ1) is 12.2. The highest BCUT2D eigenvalue weighted by molar-refractivity contribution is 6.30. The normalized spacial score (nSPS) is 12.5. The van der Waals surface area contributed by atoms with Gasteiger partial charge in [-0.15, -0.1) is 11.6 Å². The lowest BCUT2D eigenvalue weighted by Crippen LogP contribution is -2.06. The largest absolute Gasteiger partial charge is 0.392 e. The molecule has 0 saturated carbocycles. The lowest BCUT2D eigenvalue weighted by atomic mass is 9.99. The Balaban J connectivity index is 3.12. The Morgan fingerprint density at radius 1 is 1.53 bits per heavy atom. The van der Waals surface area contributed by atoms with E-state index in [9.17, 15) is 9.90 Å². The summed E-state index contributed by atoms with van der Waals surface area (Å²) in [5.74, 6) is -0.101. The number of aliphatic hydroxyl groups excluding tert-OH is 1. The molecule has 0 fully saturated rings. The molecular formula is C12H15ClO2. The molecule has 0 saturated heterocycles. The molecule has 1 unspecified atom stereocenters. The van der Waals surface area contributed by atoms with E-state index in [-0.39, 0.29) is 12.4 Å². The van der Waals surface area contributed by atoms with Gasteiger partial charge in [0, 0.05) is 0 Å². The van der Waals surface area contributed by atoms with E-state index in [2.05, 4.69) is 0 Å². The molecule has 0 aliphatic carbocycles. The van der Waals surface area contributed by atoms with E-state index >= 15 is 0 Å². The van der Waals surface area contributed by atoms with Crippen molar-refractivity contribution in [2.75, 3.05) is 0 Å². The standard InChI is InChI=1S/C12H15ClO2/c1-3-9-4-5-11(10(6-9)7-14)12(13)8(2)15/h4-6,12,14H,3,7H2,1-2H3. The molecule has 82 valence electrons.